The Hall–Kier alpha value is -3.08. The Labute approximate surface area is 177 Å². The standard InChI is InChI=1S/C25H29N3O2/c1-5-17(2)15-26-18(3)30-22-8-6-7-20(13-22)21-11-12-23-24(14-21)27(4)25(29)28(23)16-19-9-10-19/h5-8,11-15,18-19H,9-10,16H2,1-4H3/b17-5-,26-15-/t18-/m0/s1. The molecule has 0 N–H and O–H groups in total. The molecule has 5 nitrogen and oxygen atoms in total. The summed E-state index contributed by atoms with van der Waals surface area (Å²) in [7, 11) is 1.85. The minimum absolute atomic E-state index is 0.0641. The largest absolute Gasteiger partial charge is 0.469 e. The monoisotopic (exact) mass is 403 g/mol. The van der Waals surface area contributed by atoms with E-state index >= 15 is 0 Å². The van der Waals surface area contributed by atoms with Crippen molar-refractivity contribution in [2.24, 2.45) is 18.0 Å². The topological polar surface area (TPSA) is 48.5 Å². The van der Waals surface area contributed by atoms with Gasteiger partial charge in [0.25, 0.3) is 0 Å². The average Bonchev–Trinajstić information content (AvgIpc) is 3.55. The fourth-order valence-electron chi connectivity index (χ4n) is 3.60. The van der Waals surface area contributed by atoms with Crippen molar-refractivity contribution in [3.8, 4) is 16.9 Å². The molecule has 1 aliphatic carbocycles. The fourth-order valence-corrected chi connectivity index (χ4v) is 3.60. The molecule has 1 saturated carbocycles. The van der Waals surface area contributed by atoms with Gasteiger partial charge in [-0.2, -0.15) is 0 Å². The van der Waals surface area contributed by atoms with Crippen LogP contribution in [0, 0.1) is 5.92 Å². The van der Waals surface area contributed by atoms with E-state index in [1.807, 2.05) is 62.9 Å². The van der Waals surface area contributed by atoms with Crippen LogP contribution in [-0.4, -0.2) is 21.6 Å². The Morgan fingerprint density at radius 2 is 1.97 bits per heavy atom. The first kappa shape index (κ1) is 20.2. The molecule has 1 fully saturated rings. The van der Waals surface area contributed by atoms with Crippen molar-refractivity contribution in [2.45, 2.75) is 46.4 Å². The molecule has 1 atom stereocenters. The number of aryl methyl sites for hydroxylation is 1. The van der Waals surface area contributed by atoms with E-state index in [9.17, 15) is 4.79 Å². The summed E-state index contributed by atoms with van der Waals surface area (Å²) in [6.07, 6.45) is 6.03. The maximum atomic E-state index is 12.7. The van der Waals surface area contributed by atoms with Crippen molar-refractivity contribution < 1.29 is 4.74 Å². The molecule has 0 radical (unpaired) electrons. The molecule has 1 aromatic heterocycles. The van der Waals surface area contributed by atoms with E-state index in [2.05, 4.69) is 29.3 Å². The highest BCUT2D eigenvalue weighted by Crippen LogP contribution is 2.32. The van der Waals surface area contributed by atoms with Crippen molar-refractivity contribution in [2.75, 3.05) is 0 Å². The quantitative estimate of drug-likeness (QED) is 0.511. The molecule has 0 saturated heterocycles. The van der Waals surface area contributed by atoms with Crippen LogP contribution in [0.4, 0.5) is 0 Å². The highest BCUT2D eigenvalue weighted by molar-refractivity contribution is 5.83. The van der Waals surface area contributed by atoms with Crippen molar-refractivity contribution in [1.29, 1.82) is 0 Å². The molecular formula is C25H29N3O2. The Balaban J connectivity index is 1.61. The Kier molecular flexibility index (Phi) is 5.62. The number of aromatic nitrogens is 2. The third-order valence-electron chi connectivity index (χ3n) is 5.70. The summed E-state index contributed by atoms with van der Waals surface area (Å²) in [4.78, 5) is 17.1. The van der Waals surface area contributed by atoms with Crippen LogP contribution >= 0.6 is 0 Å². The summed E-state index contributed by atoms with van der Waals surface area (Å²) in [5.74, 6) is 1.43. The summed E-state index contributed by atoms with van der Waals surface area (Å²) < 4.78 is 9.64. The van der Waals surface area contributed by atoms with Gasteiger partial charge in [-0.1, -0.05) is 24.3 Å². The van der Waals surface area contributed by atoms with Gasteiger partial charge in [0.15, 0.2) is 6.23 Å². The zero-order valence-corrected chi connectivity index (χ0v) is 18.1. The van der Waals surface area contributed by atoms with E-state index < -0.39 is 0 Å². The molecule has 0 aliphatic heterocycles. The van der Waals surface area contributed by atoms with Crippen molar-refractivity contribution in [3.63, 3.8) is 0 Å². The minimum atomic E-state index is -0.269. The summed E-state index contributed by atoms with van der Waals surface area (Å²) in [5.41, 5.74) is 5.25. The van der Waals surface area contributed by atoms with E-state index in [1.54, 1.807) is 4.57 Å². The van der Waals surface area contributed by atoms with E-state index in [0.717, 1.165) is 40.0 Å². The number of benzene rings is 2. The van der Waals surface area contributed by atoms with Crippen LogP contribution in [0.1, 0.15) is 33.6 Å². The van der Waals surface area contributed by atoms with Crippen LogP contribution in [0.3, 0.4) is 0 Å². The molecule has 1 aliphatic rings. The van der Waals surface area contributed by atoms with Gasteiger partial charge in [0.05, 0.1) is 11.0 Å². The summed E-state index contributed by atoms with van der Waals surface area (Å²) in [6, 6.07) is 14.3. The third kappa shape index (κ3) is 4.25. The van der Waals surface area contributed by atoms with Crippen molar-refractivity contribution in [1.82, 2.24) is 9.13 Å². The van der Waals surface area contributed by atoms with Gasteiger partial charge in [0, 0.05) is 19.8 Å². The molecule has 0 amide bonds. The van der Waals surface area contributed by atoms with Gasteiger partial charge in [-0.3, -0.25) is 14.1 Å². The second-order valence-electron chi connectivity index (χ2n) is 8.15. The predicted octanol–water partition coefficient (Wildman–Crippen LogP) is 5.18. The highest BCUT2D eigenvalue weighted by atomic mass is 16.5. The number of fused-ring (bicyclic) bond motifs is 1. The van der Waals surface area contributed by atoms with Crippen LogP contribution in [0.15, 0.2) is 63.9 Å². The van der Waals surface area contributed by atoms with Crippen LogP contribution in [0.2, 0.25) is 0 Å². The lowest BCUT2D eigenvalue weighted by Gasteiger charge is -2.12. The average molecular weight is 404 g/mol. The summed E-state index contributed by atoms with van der Waals surface area (Å²) in [5, 5.41) is 0. The number of ether oxygens (including phenoxy) is 1. The smallest absolute Gasteiger partial charge is 0.328 e. The summed E-state index contributed by atoms with van der Waals surface area (Å²) in [6.45, 7) is 6.75. The maximum Gasteiger partial charge on any atom is 0.328 e. The van der Waals surface area contributed by atoms with Gasteiger partial charge in [0.1, 0.15) is 5.75 Å². The Morgan fingerprint density at radius 1 is 1.20 bits per heavy atom. The van der Waals surface area contributed by atoms with Crippen molar-refractivity contribution in [3.05, 3.63) is 64.6 Å². The number of allylic oxidation sites excluding steroid dienone is 2. The fraction of sp³-hybridized carbons (Fsp3) is 0.360. The van der Waals surface area contributed by atoms with Gasteiger partial charge in [-0.25, -0.2) is 4.79 Å². The number of nitrogens with zero attached hydrogens (tertiary/aromatic N) is 3. The zero-order chi connectivity index (χ0) is 21.3. The first-order chi connectivity index (χ1) is 14.5. The molecule has 0 unspecified atom stereocenters. The Morgan fingerprint density at radius 3 is 2.70 bits per heavy atom. The lowest BCUT2D eigenvalue weighted by molar-refractivity contribution is 0.233. The number of hydrogen-bond acceptors (Lipinski definition) is 3. The van der Waals surface area contributed by atoms with Crippen LogP contribution in [0.25, 0.3) is 22.2 Å². The van der Waals surface area contributed by atoms with Crippen molar-refractivity contribution >= 4 is 17.2 Å². The number of aliphatic imine (C=N–C) groups is 1. The van der Waals surface area contributed by atoms with Gasteiger partial charge >= 0.3 is 5.69 Å². The third-order valence-corrected chi connectivity index (χ3v) is 5.70. The van der Waals surface area contributed by atoms with Gasteiger partial charge in [-0.05, 0) is 80.5 Å². The van der Waals surface area contributed by atoms with Crippen LogP contribution in [0.5, 0.6) is 5.75 Å². The molecule has 0 bridgehead atoms. The molecule has 4 rings (SSSR count). The zero-order valence-electron chi connectivity index (χ0n) is 18.1. The lowest BCUT2D eigenvalue weighted by atomic mass is 10.0. The van der Waals surface area contributed by atoms with E-state index in [0.29, 0.717) is 5.92 Å². The molecule has 3 aromatic rings. The van der Waals surface area contributed by atoms with E-state index in [4.69, 9.17) is 4.74 Å². The first-order valence-electron chi connectivity index (χ1n) is 10.6. The number of rotatable bonds is 7. The second kappa shape index (κ2) is 8.34. The first-order valence-corrected chi connectivity index (χ1v) is 10.6. The second-order valence-corrected chi connectivity index (χ2v) is 8.15. The molecule has 30 heavy (non-hydrogen) atoms. The Bertz CT molecular complexity index is 1180. The number of hydrogen-bond donors (Lipinski definition) is 0. The molecule has 1 heterocycles. The molecular weight excluding hydrogens is 374 g/mol. The molecule has 5 heteroatoms. The SMILES string of the molecule is C/C=C(C)\C=N/[C@H](C)Oc1cccc(-c2ccc3c(c2)n(C)c(=O)n3CC2CC2)c1. The normalized spacial score (nSPS) is 15.8. The number of imidazole rings is 1. The van der Waals surface area contributed by atoms with E-state index in [-0.39, 0.29) is 11.9 Å². The van der Waals surface area contributed by atoms with Crippen LogP contribution in [-0.2, 0) is 13.6 Å². The maximum absolute atomic E-state index is 12.7. The summed E-state index contributed by atoms with van der Waals surface area (Å²) >= 11 is 0. The molecule has 156 valence electrons. The molecule has 0 spiro atoms. The lowest BCUT2D eigenvalue weighted by Crippen LogP contribution is -2.22. The predicted molar refractivity (Wildman–Crippen MR) is 123 cm³/mol. The molecule has 2 aromatic carbocycles. The van der Waals surface area contributed by atoms with Gasteiger partial charge < -0.3 is 4.74 Å². The highest BCUT2D eigenvalue weighted by Gasteiger charge is 2.24. The van der Waals surface area contributed by atoms with E-state index in [1.165, 1.54) is 12.8 Å². The van der Waals surface area contributed by atoms with Crippen LogP contribution < -0.4 is 10.4 Å². The van der Waals surface area contributed by atoms with Gasteiger partial charge in [-0.15, -0.1) is 0 Å². The minimum Gasteiger partial charge on any atom is -0.469 e. The van der Waals surface area contributed by atoms with Gasteiger partial charge in [0.2, 0.25) is 0 Å².